The minimum Gasteiger partial charge on any atom is -0.396 e. The molecule has 122 valence electrons. The van der Waals surface area contributed by atoms with Crippen molar-refractivity contribution in [2.24, 2.45) is 5.41 Å². The van der Waals surface area contributed by atoms with Gasteiger partial charge in [-0.2, -0.15) is 0 Å². The number of carbonyl (C=O) groups excluding carboxylic acids is 1. The summed E-state index contributed by atoms with van der Waals surface area (Å²) in [5, 5.41) is 9.91. The molecule has 1 aromatic heterocycles. The third-order valence-electron chi connectivity index (χ3n) is 4.68. The Hall–Kier alpha value is -1.33. The molecule has 1 aliphatic heterocycles. The number of pyridine rings is 1. The summed E-state index contributed by atoms with van der Waals surface area (Å²) >= 11 is 6.03. The van der Waals surface area contributed by atoms with Crippen LogP contribution in [0.15, 0.2) is 12.1 Å². The van der Waals surface area contributed by atoms with Gasteiger partial charge in [0.1, 0.15) is 11.0 Å². The van der Waals surface area contributed by atoms with Gasteiger partial charge in [0.15, 0.2) is 0 Å². The van der Waals surface area contributed by atoms with Crippen LogP contribution < -0.4 is 4.90 Å². The van der Waals surface area contributed by atoms with Gasteiger partial charge in [-0.25, -0.2) is 4.98 Å². The van der Waals surface area contributed by atoms with Gasteiger partial charge in [0.2, 0.25) is 0 Å². The van der Waals surface area contributed by atoms with E-state index in [1.165, 1.54) is 0 Å². The third kappa shape index (κ3) is 3.52. The molecule has 0 aliphatic carbocycles. The van der Waals surface area contributed by atoms with Gasteiger partial charge in [-0.1, -0.05) is 18.5 Å². The Labute approximate surface area is 136 Å². The highest BCUT2D eigenvalue weighted by Crippen LogP contribution is 2.34. The molecule has 2 heterocycles. The second-order valence-electron chi connectivity index (χ2n) is 6.24. The van der Waals surface area contributed by atoms with Gasteiger partial charge in [-0.3, -0.25) is 4.79 Å². The highest BCUT2D eigenvalue weighted by molar-refractivity contribution is 6.29. The SMILES string of the molecule is CCC1(CO)CCN(C(=O)c2cc(Cl)nc(N(C)C)c2)CC1. The Bertz CT molecular complexity index is 534. The number of aromatic nitrogens is 1. The zero-order valence-corrected chi connectivity index (χ0v) is 14.2. The number of hydrogen-bond acceptors (Lipinski definition) is 4. The van der Waals surface area contributed by atoms with E-state index in [0.29, 0.717) is 29.6 Å². The van der Waals surface area contributed by atoms with Crippen LogP contribution in [0.1, 0.15) is 36.5 Å². The fraction of sp³-hybridized carbons (Fsp3) is 0.625. The summed E-state index contributed by atoms with van der Waals surface area (Å²) in [5.74, 6) is 0.654. The van der Waals surface area contributed by atoms with E-state index in [1.54, 1.807) is 12.1 Å². The molecule has 22 heavy (non-hydrogen) atoms. The van der Waals surface area contributed by atoms with Crippen molar-refractivity contribution >= 4 is 23.3 Å². The van der Waals surface area contributed by atoms with Crippen LogP contribution in [0.4, 0.5) is 5.82 Å². The Morgan fingerprint density at radius 1 is 1.41 bits per heavy atom. The summed E-state index contributed by atoms with van der Waals surface area (Å²) in [7, 11) is 3.73. The summed E-state index contributed by atoms with van der Waals surface area (Å²) in [6.07, 6.45) is 2.62. The zero-order valence-electron chi connectivity index (χ0n) is 13.5. The number of anilines is 1. The molecule has 6 heteroatoms. The summed E-state index contributed by atoms with van der Waals surface area (Å²) in [6, 6.07) is 3.38. The van der Waals surface area contributed by atoms with Crippen LogP contribution >= 0.6 is 11.6 Å². The first-order valence-corrected chi connectivity index (χ1v) is 8.03. The lowest BCUT2D eigenvalue weighted by Crippen LogP contribution is -2.44. The molecule has 0 radical (unpaired) electrons. The van der Waals surface area contributed by atoms with Crippen LogP contribution in [0, 0.1) is 5.41 Å². The van der Waals surface area contributed by atoms with Crippen molar-refractivity contribution in [2.75, 3.05) is 38.7 Å². The predicted octanol–water partition coefficient (Wildman–Crippen LogP) is 2.43. The van der Waals surface area contributed by atoms with Crippen LogP contribution in [-0.4, -0.2) is 54.7 Å². The molecular formula is C16H24ClN3O2. The Balaban J connectivity index is 2.13. The number of likely N-dealkylation sites (tertiary alicyclic amines) is 1. The maximum absolute atomic E-state index is 12.7. The molecule has 0 aromatic carbocycles. The Morgan fingerprint density at radius 3 is 2.55 bits per heavy atom. The molecule has 1 N–H and O–H groups in total. The standard InChI is InChI=1S/C16H24ClN3O2/c1-4-16(11-21)5-7-20(8-6-16)15(22)12-9-13(17)18-14(10-12)19(2)3/h9-10,21H,4-8,11H2,1-3H3. The highest BCUT2D eigenvalue weighted by Gasteiger charge is 2.34. The topological polar surface area (TPSA) is 56.7 Å². The molecule has 0 atom stereocenters. The van der Waals surface area contributed by atoms with Crippen molar-refractivity contribution in [3.05, 3.63) is 22.8 Å². The average molecular weight is 326 g/mol. The number of nitrogens with zero attached hydrogens (tertiary/aromatic N) is 3. The number of aliphatic hydroxyl groups excluding tert-OH is 1. The molecule has 2 rings (SSSR count). The number of halogens is 1. The Kier molecular flexibility index (Phi) is 5.29. The van der Waals surface area contributed by atoms with E-state index in [9.17, 15) is 9.90 Å². The number of aliphatic hydroxyl groups is 1. The van der Waals surface area contributed by atoms with E-state index in [0.717, 1.165) is 19.3 Å². The molecule has 0 bridgehead atoms. The molecule has 1 fully saturated rings. The van der Waals surface area contributed by atoms with Crippen LogP contribution in [-0.2, 0) is 0 Å². The Morgan fingerprint density at radius 2 is 2.05 bits per heavy atom. The largest absolute Gasteiger partial charge is 0.396 e. The lowest BCUT2D eigenvalue weighted by molar-refractivity contribution is 0.0338. The fourth-order valence-corrected chi connectivity index (χ4v) is 3.03. The monoisotopic (exact) mass is 325 g/mol. The van der Waals surface area contributed by atoms with Crippen molar-refractivity contribution in [1.29, 1.82) is 0 Å². The van der Waals surface area contributed by atoms with Crippen molar-refractivity contribution in [2.45, 2.75) is 26.2 Å². The molecule has 1 aliphatic rings. The maximum Gasteiger partial charge on any atom is 0.254 e. The second-order valence-corrected chi connectivity index (χ2v) is 6.62. The van der Waals surface area contributed by atoms with Gasteiger partial charge < -0.3 is 14.9 Å². The molecule has 1 aromatic rings. The van der Waals surface area contributed by atoms with E-state index in [2.05, 4.69) is 11.9 Å². The smallest absolute Gasteiger partial charge is 0.254 e. The van der Waals surface area contributed by atoms with E-state index in [4.69, 9.17) is 11.6 Å². The number of rotatable bonds is 4. The summed E-state index contributed by atoms with van der Waals surface area (Å²) in [6.45, 7) is 3.63. The first kappa shape index (κ1) is 17.0. The molecular weight excluding hydrogens is 302 g/mol. The zero-order chi connectivity index (χ0) is 16.3. The first-order chi connectivity index (χ1) is 10.4. The molecule has 0 saturated carbocycles. The van der Waals surface area contributed by atoms with Crippen LogP contribution in [0.5, 0.6) is 0 Å². The minimum atomic E-state index is -0.0263. The quantitative estimate of drug-likeness (QED) is 0.864. The molecule has 0 unspecified atom stereocenters. The summed E-state index contributed by atoms with van der Waals surface area (Å²) in [5.41, 5.74) is 0.540. The number of carbonyl (C=O) groups is 1. The van der Waals surface area contributed by atoms with Gasteiger partial charge in [-0.15, -0.1) is 0 Å². The molecule has 0 spiro atoms. The van der Waals surface area contributed by atoms with Gasteiger partial charge in [-0.05, 0) is 36.8 Å². The normalized spacial score (nSPS) is 17.4. The van der Waals surface area contributed by atoms with Crippen molar-refractivity contribution < 1.29 is 9.90 Å². The highest BCUT2D eigenvalue weighted by atomic mass is 35.5. The van der Waals surface area contributed by atoms with Gasteiger partial charge in [0.05, 0.1) is 0 Å². The van der Waals surface area contributed by atoms with Crippen LogP contribution in [0.25, 0.3) is 0 Å². The van der Waals surface area contributed by atoms with Crippen molar-refractivity contribution in [1.82, 2.24) is 9.88 Å². The van der Waals surface area contributed by atoms with E-state index in [-0.39, 0.29) is 17.9 Å². The van der Waals surface area contributed by atoms with Crippen molar-refractivity contribution in [3.8, 4) is 0 Å². The summed E-state index contributed by atoms with van der Waals surface area (Å²) < 4.78 is 0. The maximum atomic E-state index is 12.7. The number of amides is 1. The molecule has 5 nitrogen and oxygen atoms in total. The minimum absolute atomic E-state index is 0.0185. The fourth-order valence-electron chi connectivity index (χ4n) is 2.83. The lowest BCUT2D eigenvalue weighted by Gasteiger charge is -2.40. The van der Waals surface area contributed by atoms with Crippen molar-refractivity contribution in [3.63, 3.8) is 0 Å². The average Bonchev–Trinajstić information content (AvgIpc) is 2.53. The second kappa shape index (κ2) is 6.84. The van der Waals surface area contributed by atoms with Crippen LogP contribution in [0.3, 0.4) is 0 Å². The number of piperidine rings is 1. The van der Waals surface area contributed by atoms with Gasteiger partial charge in [0, 0.05) is 39.4 Å². The van der Waals surface area contributed by atoms with Crippen LogP contribution in [0.2, 0.25) is 5.15 Å². The van der Waals surface area contributed by atoms with E-state index >= 15 is 0 Å². The lowest BCUT2D eigenvalue weighted by atomic mass is 9.77. The predicted molar refractivity (Wildman–Crippen MR) is 88.5 cm³/mol. The van der Waals surface area contributed by atoms with E-state index in [1.807, 2.05) is 23.9 Å². The molecule has 1 amide bonds. The first-order valence-electron chi connectivity index (χ1n) is 7.66. The number of hydrogen-bond donors (Lipinski definition) is 1. The summed E-state index contributed by atoms with van der Waals surface area (Å²) in [4.78, 5) is 20.5. The van der Waals surface area contributed by atoms with Gasteiger partial charge >= 0.3 is 0 Å². The molecule has 1 saturated heterocycles. The van der Waals surface area contributed by atoms with Gasteiger partial charge in [0.25, 0.3) is 5.91 Å². The van der Waals surface area contributed by atoms with E-state index < -0.39 is 0 Å². The third-order valence-corrected chi connectivity index (χ3v) is 4.88.